The molecule has 0 bridgehead atoms. The van der Waals surface area contributed by atoms with E-state index in [1.54, 1.807) is 19.2 Å². The number of nitriles is 2. The number of halogens is 1. The Labute approximate surface area is 193 Å². The van der Waals surface area contributed by atoms with Gasteiger partial charge in [0.2, 0.25) is 5.91 Å². The molecule has 1 atom stereocenters. The topological polar surface area (TPSA) is 90.0 Å². The minimum absolute atomic E-state index is 0.0558. The fourth-order valence-corrected chi connectivity index (χ4v) is 4.99. The normalized spacial score (nSPS) is 22.6. The number of hydroxylamine groups is 2. The van der Waals surface area contributed by atoms with E-state index in [4.69, 9.17) is 4.84 Å². The zero-order chi connectivity index (χ0) is 23.5. The standard InChI is InChI=1S/C26H27FN4O2/c1-16-22(14-30-15-23(16)13-29)9-18-3-5-19(6-4-18)26(32)31-25(7-8-33-31)20-10-21(12-28)17(2)24(27)11-20/h10-11,14-15,18-19,25H,3-9H2,1-2H3/t18?,19?,25-/m0/s1. The minimum atomic E-state index is -0.436. The molecule has 2 heterocycles. The van der Waals surface area contributed by atoms with Gasteiger partial charge in [-0.15, -0.1) is 0 Å². The maximum absolute atomic E-state index is 14.3. The average Bonchev–Trinajstić information content (AvgIpc) is 3.32. The van der Waals surface area contributed by atoms with Crippen molar-refractivity contribution < 1.29 is 14.0 Å². The van der Waals surface area contributed by atoms with Gasteiger partial charge in [0.15, 0.2) is 0 Å². The van der Waals surface area contributed by atoms with E-state index >= 15 is 0 Å². The molecule has 0 unspecified atom stereocenters. The maximum Gasteiger partial charge on any atom is 0.249 e. The van der Waals surface area contributed by atoms with Crippen molar-refractivity contribution in [3.63, 3.8) is 0 Å². The Bertz CT molecular complexity index is 1140. The smallest absolute Gasteiger partial charge is 0.249 e. The predicted molar refractivity (Wildman–Crippen MR) is 119 cm³/mol. The summed E-state index contributed by atoms with van der Waals surface area (Å²) < 4.78 is 14.3. The van der Waals surface area contributed by atoms with Gasteiger partial charge in [-0.3, -0.25) is 14.6 Å². The van der Waals surface area contributed by atoms with E-state index in [1.165, 1.54) is 11.1 Å². The van der Waals surface area contributed by atoms with Gasteiger partial charge in [-0.05, 0) is 80.7 Å². The second-order valence-electron chi connectivity index (χ2n) is 9.09. The van der Waals surface area contributed by atoms with Crippen LogP contribution in [0, 0.1) is 54.2 Å². The van der Waals surface area contributed by atoms with Crippen molar-refractivity contribution in [2.45, 2.75) is 58.4 Å². The van der Waals surface area contributed by atoms with Crippen LogP contribution in [0.15, 0.2) is 24.5 Å². The SMILES string of the molecule is Cc1c(F)cc([C@@H]2CCON2C(=O)C2CCC(Cc3cncc(C#N)c3C)CC2)cc1C#N. The summed E-state index contributed by atoms with van der Waals surface area (Å²) in [5.41, 5.74) is 3.91. The van der Waals surface area contributed by atoms with Crippen molar-refractivity contribution in [1.82, 2.24) is 10.0 Å². The van der Waals surface area contributed by atoms with E-state index < -0.39 is 5.82 Å². The Hall–Kier alpha value is -3.29. The number of nitrogens with zero attached hydrogens (tertiary/aromatic N) is 4. The molecule has 1 saturated carbocycles. The number of rotatable bonds is 4. The van der Waals surface area contributed by atoms with Crippen molar-refractivity contribution in [3.05, 3.63) is 63.7 Å². The van der Waals surface area contributed by atoms with Crippen molar-refractivity contribution in [1.29, 1.82) is 10.5 Å². The molecule has 4 rings (SSSR count). The second-order valence-corrected chi connectivity index (χ2v) is 9.09. The number of benzene rings is 1. The van der Waals surface area contributed by atoms with E-state index in [2.05, 4.69) is 11.1 Å². The summed E-state index contributed by atoms with van der Waals surface area (Å²) in [6.45, 7) is 3.93. The molecule has 0 radical (unpaired) electrons. The zero-order valence-electron chi connectivity index (χ0n) is 19.0. The van der Waals surface area contributed by atoms with Crippen LogP contribution in [0.4, 0.5) is 4.39 Å². The lowest BCUT2D eigenvalue weighted by Crippen LogP contribution is -2.37. The minimum Gasteiger partial charge on any atom is -0.272 e. The predicted octanol–water partition coefficient (Wildman–Crippen LogP) is 4.84. The fraction of sp³-hybridized carbons (Fsp3) is 0.462. The molecule has 2 fully saturated rings. The van der Waals surface area contributed by atoms with Gasteiger partial charge in [-0.1, -0.05) is 0 Å². The van der Waals surface area contributed by atoms with Gasteiger partial charge < -0.3 is 0 Å². The third-order valence-corrected chi connectivity index (χ3v) is 7.14. The fourth-order valence-electron chi connectivity index (χ4n) is 4.99. The molecule has 1 aliphatic carbocycles. The van der Waals surface area contributed by atoms with Gasteiger partial charge in [0.05, 0.1) is 29.8 Å². The lowest BCUT2D eigenvalue weighted by molar-refractivity contribution is -0.183. The molecule has 170 valence electrons. The number of pyridine rings is 1. The van der Waals surface area contributed by atoms with Gasteiger partial charge >= 0.3 is 0 Å². The molecule has 33 heavy (non-hydrogen) atoms. The van der Waals surface area contributed by atoms with E-state index in [-0.39, 0.29) is 23.4 Å². The molecule has 1 saturated heterocycles. The molecule has 2 aromatic rings. The van der Waals surface area contributed by atoms with Gasteiger partial charge in [-0.2, -0.15) is 10.5 Å². The van der Waals surface area contributed by atoms with E-state index in [0.717, 1.165) is 43.2 Å². The van der Waals surface area contributed by atoms with Gasteiger partial charge in [0.1, 0.15) is 11.9 Å². The molecule has 1 amide bonds. The lowest BCUT2D eigenvalue weighted by atomic mass is 9.78. The van der Waals surface area contributed by atoms with E-state index in [9.17, 15) is 19.7 Å². The van der Waals surface area contributed by atoms with Crippen LogP contribution in [0.25, 0.3) is 0 Å². The Morgan fingerprint density at radius 3 is 2.52 bits per heavy atom. The number of carbonyl (C=O) groups excluding carboxylic acids is 1. The highest BCUT2D eigenvalue weighted by atomic mass is 19.1. The van der Waals surface area contributed by atoms with Crippen LogP contribution in [-0.4, -0.2) is 22.6 Å². The highest BCUT2D eigenvalue weighted by molar-refractivity contribution is 5.78. The molecule has 6 nitrogen and oxygen atoms in total. The van der Waals surface area contributed by atoms with Crippen molar-refractivity contribution >= 4 is 5.91 Å². The van der Waals surface area contributed by atoms with Crippen LogP contribution in [0.5, 0.6) is 0 Å². The van der Waals surface area contributed by atoms with Crippen LogP contribution < -0.4 is 0 Å². The molecule has 1 aromatic carbocycles. The summed E-state index contributed by atoms with van der Waals surface area (Å²) in [6.07, 6.45) is 8.25. The molecule has 1 aliphatic heterocycles. The molecular formula is C26H27FN4O2. The number of hydrogen-bond acceptors (Lipinski definition) is 5. The number of hydrogen-bond donors (Lipinski definition) is 0. The van der Waals surface area contributed by atoms with Crippen LogP contribution in [-0.2, 0) is 16.1 Å². The molecule has 0 spiro atoms. The highest BCUT2D eigenvalue weighted by Gasteiger charge is 2.37. The quantitative estimate of drug-likeness (QED) is 0.671. The van der Waals surface area contributed by atoms with Gasteiger partial charge in [0.25, 0.3) is 0 Å². The summed E-state index contributed by atoms with van der Waals surface area (Å²) >= 11 is 0. The lowest BCUT2D eigenvalue weighted by Gasteiger charge is -2.32. The number of amides is 1. The Kier molecular flexibility index (Phi) is 6.72. The first-order valence-electron chi connectivity index (χ1n) is 11.4. The van der Waals surface area contributed by atoms with Crippen LogP contribution in [0.1, 0.15) is 71.5 Å². The van der Waals surface area contributed by atoms with E-state index in [0.29, 0.717) is 35.6 Å². The maximum atomic E-state index is 14.3. The number of carbonyl (C=O) groups is 1. The third-order valence-electron chi connectivity index (χ3n) is 7.14. The van der Waals surface area contributed by atoms with Gasteiger partial charge in [-0.25, -0.2) is 9.45 Å². The summed E-state index contributed by atoms with van der Waals surface area (Å²) in [7, 11) is 0. The van der Waals surface area contributed by atoms with Crippen molar-refractivity contribution in [3.8, 4) is 12.1 Å². The zero-order valence-corrected chi connectivity index (χ0v) is 19.0. The first-order chi connectivity index (χ1) is 15.9. The van der Waals surface area contributed by atoms with Crippen LogP contribution in [0.2, 0.25) is 0 Å². The highest BCUT2D eigenvalue weighted by Crippen LogP contribution is 2.38. The van der Waals surface area contributed by atoms with Gasteiger partial charge in [0, 0.05) is 30.3 Å². The summed E-state index contributed by atoms with van der Waals surface area (Å²) in [5, 5.41) is 20.0. The molecular weight excluding hydrogens is 419 g/mol. The first-order valence-corrected chi connectivity index (χ1v) is 11.4. The van der Waals surface area contributed by atoms with Crippen molar-refractivity contribution in [2.75, 3.05) is 6.61 Å². The summed E-state index contributed by atoms with van der Waals surface area (Å²) in [4.78, 5) is 23.2. The van der Waals surface area contributed by atoms with E-state index in [1.807, 2.05) is 19.2 Å². The Morgan fingerprint density at radius 2 is 1.82 bits per heavy atom. The number of aromatic nitrogens is 1. The third kappa shape index (κ3) is 4.60. The second kappa shape index (κ2) is 9.68. The summed E-state index contributed by atoms with van der Waals surface area (Å²) in [5.74, 6) is -0.172. The monoisotopic (exact) mass is 446 g/mol. The largest absolute Gasteiger partial charge is 0.272 e. The van der Waals surface area contributed by atoms with Crippen LogP contribution >= 0.6 is 0 Å². The molecule has 0 N–H and O–H groups in total. The first kappa shape index (κ1) is 22.9. The summed E-state index contributed by atoms with van der Waals surface area (Å²) in [6, 6.07) is 6.93. The average molecular weight is 447 g/mol. The van der Waals surface area contributed by atoms with Crippen LogP contribution in [0.3, 0.4) is 0 Å². The Balaban J connectivity index is 1.41. The Morgan fingerprint density at radius 1 is 1.09 bits per heavy atom. The molecule has 1 aromatic heterocycles. The van der Waals surface area contributed by atoms with Crippen molar-refractivity contribution in [2.24, 2.45) is 11.8 Å². The molecule has 7 heteroatoms. The molecule has 2 aliphatic rings.